The van der Waals surface area contributed by atoms with Crippen molar-refractivity contribution in [1.82, 2.24) is 0 Å². The first-order valence-corrected chi connectivity index (χ1v) is 5.14. The molecule has 0 amide bonds. The van der Waals surface area contributed by atoms with E-state index < -0.39 is 0 Å². The van der Waals surface area contributed by atoms with Crippen LogP contribution < -0.4 is 0 Å². The fraction of sp³-hybridized carbons (Fsp3) is 0.667. The van der Waals surface area contributed by atoms with Gasteiger partial charge >= 0.3 is 0 Å². The van der Waals surface area contributed by atoms with Gasteiger partial charge in [0.15, 0.2) is 0 Å². The molecule has 68 valence electrons. The summed E-state index contributed by atoms with van der Waals surface area (Å²) in [6.45, 7) is 6.24. The molecule has 0 heteroatoms. The quantitative estimate of drug-likeness (QED) is 0.549. The lowest BCUT2D eigenvalue weighted by Crippen LogP contribution is -2.02. The van der Waals surface area contributed by atoms with Crippen molar-refractivity contribution in [3.05, 3.63) is 24.3 Å². The summed E-state index contributed by atoms with van der Waals surface area (Å²) >= 11 is 0. The van der Waals surface area contributed by atoms with E-state index in [0.29, 0.717) is 0 Å². The molecule has 1 atom stereocenters. The van der Waals surface area contributed by atoms with E-state index in [2.05, 4.69) is 25.7 Å². The maximum absolute atomic E-state index is 4.04. The molecule has 0 N–H and O–H groups in total. The highest BCUT2D eigenvalue weighted by Gasteiger charge is 2.09. The zero-order valence-corrected chi connectivity index (χ0v) is 8.18. The monoisotopic (exact) mass is 164 g/mol. The van der Waals surface area contributed by atoms with Gasteiger partial charge in [0.25, 0.3) is 0 Å². The van der Waals surface area contributed by atoms with E-state index in [1.165, 1.54) is 37.7 Å². The Kier molecular flexibility index (Phi) is 4.13. The van der Waals surface area contributed by atoms with Gasteiger partial charge < -0.3 is 0 Å². The minimum absolute atomic E-state index is 0.943. The highest BCUT2D eigenvalue weighted by atomic mass is 14.1. The van der Waals surface area contributed by atoms with Crippen LogP contribution in [0, 0.1) is 5.92 Å². The predicted molar refractivity (Wildman–Crippen MR) is 55.1 cm³/mol. The topological polar surface area (TPSA) is 0 Å². The molecule has 0 aromatic rings. The van der Waals surface area contributed by atoms with E-state index in [1.54, 1.807) is 0 Å². The lowest BCUT2D eigenvalue weighted by atomic mass is 9.89. The Morgan fingerprint density at radius 1 is 1.50 bits per heavy atom. The van der Waals surface area contributed by atoms with Gasteiger partial charge in [-0.05, 0) is 44.4 Å². The zero-order valence-electron chi connectivity index (χ0n) is 8.18. The number of allylic oxidation sites excluding steroid dienone is 3. The lowest BCUT2D eigenvalue weighted by molar-refractivity contribution is 0.444. The Morgan fingerprint density at radius 3 is 2.92 bits per heavy atom. The van der Waals surface area contributed by atoms with E-state index in [0.717, 1.165) is 12.3 Å². The molecule has 1 rings (SSSR count). The van der Waals surface area contributed by atoms with Gasteiger partial charge in [-0.1, -0.05) is 31.2 Å². The second kappa shape index (κ2) is 5.18. The molecule has 0 saturated heterocycles. The minimum atomic E-state index is 0.943. The first kappa shape index (κ1) is 9.57. The number of rotatable bonds is 4. The molecular formula is C12H20. The Bertz CT molecular complexity index is 165. The maximum atomic E-state index is 4.04. The summed E-state index contributed by atoms with van der Waals surface area (Å²) in [5.74, 6) is 0.943. The summed E-state index contributed by atoms with van der Waals surface area (Å²) in [5.41, 5.74) is 1.42. The van der Waals surface area contributed by atoms with Crippen molar-refractivity contribution in [1.29, 1.82) is 0 Å². The molecule has 0 aromatic heterocycles. The van der Waals surface area contributed by atoms with Crippen molar-refractivity contribution in [2.45, 2.75) is 45.4 Å². The summed E-state index contributed by atoms with van der Waals surface area (Å²) in [5, 5.41) is 0. The molecule has 1 unspecified atom stereocenters. The van der Waals surface area contributed by atoms with Gasteiger partial charge in [-0.15, -0.1) is 0 Å². The molecule has 0 nitrogen and oxygen atoms in total. The van der Waals surface area contributed by atoms with E-state index in [-0.39, 0.29) is 0 Å². The molecule has 0 aromatic carbocycles. The van der Waals surface area contributed by atoms with E-state index in [9.17, 15) is 0 Å². The van der Waals surface area contributed by atoms with Crippen LogP contribution in [0.2, 0.25) is 0 Å². The molecule has 0 aliphatic heterocycles. The van der Waals surface area contributed by atoms with Crippen LogP contribution in [0.1, 0.15) is 45.4 Å². The van der Waals surface area contributed by atoms with Gasteiger partial charge in [0.2, 0.25) is 0 Å². The van der Waals surface area contributed by atoms with Crippen molar-refractivity contribution >= 4 is 0 Å². The predicted octanol–water partition coefficient (Wildman–Crippen LogP) is 4.09. The van der Waals surface area contributed by atoms with Crippen LogP contribution in [0.25, 0.3) is 0 Å². The van der Waals surface area contributed by atoms with Crippen LogP contribution in [-0.4, -0.2) is 0 Å². The van der Waals surface area contributed by atoms with Crippen molar-refractivity contribution in [3.63, 3.8) is 0 Å². The van der Waals surface area contributed by atoms with Gasteiger partial charge in [0.1, 0.15) is 0 Å². The fourth-order valence-electron chi connectivity index (χ4n) is 1.70. The largest absolute Gasteiger partial charge is 0.0999 e. The second-order valence-corrected chi connectivity index (χ2v) is 3.79. The SMILES string of the molecule is C=C(CC)CCC1CC=CCC1. The molecule has 1 aliphatic rings. The van der Waals surface area contributed by atoms with Crippen LogP contribution >= 0.6 is 0 Å². The molecule has 0 saturated carbocycles. The smallest absolute Gasteiger partial charge is 0.0320 e. The van der Waals surface area contributed by atoms with Gasteiger partial charge in [-0.25, -0.2) is 0 Å². The third-order valence-corrected chi connectivity index (χ3v) is 2.78. The van der Waals surface area contributed by atoms with Crippen molar-refractivity contribution in [2.75, 3.05) is 0 Å². The molecular weight excluding hydrogens is 144 g/mol. The summed E-state index contributed by atoms with van der Waals surface area (Å²) in [4.78, 5) is 0. The highest BCUT2D eigenvalue weighted by molar-refractivity contribution is 4.95. The Morgan fingerprint density at radius 2 is 2.33 bits per heavy atom. The minimum Gasteiger partial charge on any atom is -0.0999 e. The summed E-state index contributed by atoms with van der Waals surface area (Å²) in [6.07, 6.45) is 12.4. The van der Waals surface area contributed by atoms with Crippen LogP contribution in [0.3, 0.4) is 0 Å². The molecule has 0 radical (unpaired) electrons. The third kappa shape index (κ3) is 3.25. The molecule has 0 bridgehead atoms. The standard InChI is InChI=1S/C12H20/c1-3-11(2)9-10-12-7-5-4-6-8-12/h4-5,12H,2-3,6-10H2,1H3. The molecule has 0 heterocycles. The number of hydrogen-bond acceptors (Lipinski definition) is 0. The van der Waals surface area contributed by atoms with Crippen LogP contribution in [0.4, 0.5) is 0 Å². The second-order valence-electron chi connectivity index (χ2n) is 3.79. The summed E-state index contributed by atoms with van der Waals surface area (Å²) in [7, 11) is 0. The average molecular weight is 164 g/mol. The average Bonchev–Trinajstić information content (AvgIpc) is 2.16. The van der Waals surface area contributed by atoms with Crippen LogP contribution in [0.15, 0.2) is 24.3 Å². The van der Waals surface area contributed by atoms with Gasteiger partial charge in [0.05, 0.1) is 0 Å². The fourth-order valence-corrected chi connectivity index (χ4v) is 1.70. The normalized spacial score (nSPS) is 22.6. The van der Waals surface area contributed by atoms with Crippen LogP contribution in [-0.2, 0) is 0 Å². The first-order chi connectivity index (χ1) is 5.83. The number of hydrogen-bond donors (Lipinski definition) is 0. The molecule has 0 spiro atoms. The molecule has 12 heavy (non-hydrogen) atoms. The Balaban J connectivity index is 2.14. The lowest BCUT2D eigenvalue weighted by Gasteiger charge is -2.17. The van der Waals surface area contributed by atoms with Gasteiger partial charge in [0, 0.05) is 0 Å². The van der Waals surface area contributed by atoms with Crippen molar-refractivity contribution < 1.29 is 0 Å². The Labute approximate surface area is 76.4 Å². The maximum Gasteiger partial charge on any atom is -0.0320 e. The van der Waals surface area contributed by atoms with E-state index in [1.807, 2.05) is 0 Å². The van der Waals surface area contributed by atoms with Crippen molar-refractivity contribution in [2.24, 2.45) is 5.92 Å². The summed E-state index contributed by atoms with van der Waals surface area (Å²) < 4.78 is 0. The molecule has 1 aliphatic carbocycles. The highest BCUT2D eigenvalue weighted by Crippen LogP contribution is 2.24. The van der Waals surface area contributed by atoms with Crippen LogP contribution in [0.5, 0.6) is 0 Å². The third-order valence-electron chi connectivity index (χ3n) is 2.78. The van der Waals surface area contributed by atoms with Gasteiger partial charge in [-0.3, -0.25) is 0 Å². The summed E-state index contributed by atoms with van der Waals surface area (Å²) in [6, 6.07) is 0. The first-order valence-electron chi connectivity index (χ1n) is 5.14. The van der Waals surface area contributed by atoms with E-state index in [4.69, 9.17) is 0 Å². The van der Waals surface area contributed by atoms with Crippen molar-refractivity contribution in [3.8, 4) is 0 Å². The Hall–Kier alpha value is -0.520. The van der Waals surface area contributed by atoms with E-state index >= 15 is 0 Å². The molecule has 0 fully saturated rings. The van der Waals surface area contributed by atoms with Gasteiger partial charge in [-0.2, -0.15) is 0 Å². The zero-order chi connectivity index (χ0) is 8.81.